The number of hydrogen-bond acceptors (Lipinski definition) is 7. The van der Waals surface area contributed by atoms with E-state index < -0.39 is 17.5 Å². The van der Waals surface area contributed by atoms with Gasteiger partial charge < -0.3 is 5.32 Å². The number of aromatic nitrogens is 3. The number of halogens is 1. The Bertz CT molecular complexity index is 1310. The molecule has 0 aliphatic carbocycles. The molecule has 11 heteroatoms. The van der Waals surface area contributed by atoms with Crippen LogP contribution in [0.1, 0.15) is 16.1 Å². The number of nitrogens with zero attached hydrogens (tertiary/aromatic N) is 2. The van der Waals surface area contributed by atoms with Crippen molar-refractivity contribution in [2.45, 2.75) is 6.42 Å². The largest absolute Gasteiger partial charge is 0.439 e. The summed E-state index contributed by atoms with van der Waals surface area (Å²) in [5.74, 6) is -2.01. The van der Waals surface area contributed by atoms with Gasteiger partial charge in [-0.25, -0.2) is 14.2 Å². The van der Waals surface area contributed by atoms with Gasteiger partial charge in [0.15, 0.2) is 11.0 Å². The normalized spacial score (nSPS) is 10.6. The van der Waals surface area contributed by atoms with Gasteiger partial charge in [0.2, 0.25) is 5.91 Å². The molecule has 0 saturated heterocycles. The van der Waals surface area contributed by atoms with Crippen molar-refractivity contribution in [3.8, 4) is 11.4 Å². The lowest BCUT2D eigenvalue weighted by Gasteiger charge is -2.05. The van der Waals surface area contributed by atoms with Crippen molar-refractivity contribution >= 4 is 34.0 Å². The number of carbonyl (C=O) groups excluding carboxylic acids is 2. The number of benzene rings is 2. The minimum atomic E-state index is -0.675. The Hall–Kier alpha value is -4.12. The standard InChI is InChI=1S/C20H14FN5O4S/c21-15-7-2-1-6-14(15)18(28)25-19-23-13(10-31-19)9-16(27)22-12-5-3-4-11(8-12)17-24-20(29)30-26-17/h1-8,10H,9H2,(H,22,27)(H,23,25,28)(H,24,26,29). The summed E-state index contributed by atoms with van der Waals surface area (Å²) in [6.07, 6.45) is -0.0307. The van der Waals surface area contributed by atoms with Crippen molar-refractivity contribution < 1.29 is 18.5 Å². The van der Waals surface area contributed by atoms with Gasteiger partial charge in [0.1, 0.15) is 5.82 Å². The Morgan fingerprint density at radius 1 is 1.13 bits per heavy atom. The lowest BCUT2D eigenvalue weighted by Crippen LogP contribution is -2.15. The van der Waals surface area contributed by atoms with Crippen molar-refractivity contribution in [1.82, 2.24) is 15.1 Å². The van der Waals surface area contributed by atoms with Gasteiger partial charge in [-0.15, -0.1) is 11.3 Å². The van der Waals surface area contributed by atoms with Crippen LogP contribution in [0.15, 0.2) is 63.2 Å². The predicted octanol–water partition coefficient (Wildman–Crippen LogP) is 3.06. The van der Waals surface area contributed by atoms with E-state index in [1.165, 1.54) is 18.2 Å². The zero-order valence-corrected chi connectivity index (χ0v) is 16.5. The van der Waals surface area contributed by atoms with Gasteiger partial charge in [-0.05, 0) is 24.3 Å². The predicted molar refractivity (Wildman–Crippen MR) is 111 cm³/mol. The summed E-state index contributed by atoms with van der Waals surface area (Å²) in [4.78, 5) is 42.2. The summed E-state index contributed by atoms with van der Waals surface area (Å²) in [5.41, 5.74) is 1.42. The summed E-state index contributed by atoms with van der Waals surface area (Å²) in [6.45, 7) is 0. The molecule has 2 aromatic carbocycles. The van der Waals surface area contributed by atoms with Crippen molar-refractivity contribution in [3.05, 3.63) is 81.5 Å². The smallest absolute Gasteiger partial charge is 0.326 e. The highest BCUT2D eigenvalue weighted by Crippen LogP contribution is 2.20. The number of rotatable bonds is 6. The third kappa shape index (κ3) is 4.90. The maximum absolute atomic E-state index is 13.7. The Morgan fingerprint density at radius 3 is 2.74 bits per heavy atom. The zero-order valence-electron chi connectivity index (χ0n) is 15.7. The van der Waals surface area contributed by atoms with Crippen LogP contribution in [0, 0.1) is 5.82 Å². The molecule has 0 spiro atoms. The molecule has 2 heterocycles. The number of carbonyl (C=O) groups is 2. The van der Waals surface area contributed by atoms with Crippen LogP contribution in [0.4, 0.5) is 15.2 Å². The van der Waals surface area contributed by atoms with Gasteiger partial charge in [0.05, 0.1) is 17.7 Å². The molecule has 156 valence electrons. The Kier molecular flexibility index (Phi) is 5.67. The zero-order chi connectivity index (χ0) is 21.8. The second-order valence-electron chi connectivity index (χ2n) is 6.33. The van der Waals surface area contributed by atoms with Crippen molar-refractivity contribution in [1.29, 1.82) is 0 Å². The second kappa shape index (κ2) is 8.71. The van der Waals surface area contributed by atoms with Crippen LogP contribution in [0.5, 0.6) is 0 Å². The fraction of sp³-hybridized carbons (Fsp3) is 0.0500. The van der Waals surface area contributed by atoms with E-state index in [-0.39, 0.29) is 28.8 Å². The molecule has 4 aromatic rings. The van der Waals surface area contributed by atoms with Gasteiger partial charge in [-0.1, -0.05) is 29.4 Å². The highest BCUT2D eigenvalue weighted by Gasteiger charge is 2.14. The molecule has 0 aliphatic heterocycles. The maximum atomic E-state index is 13.7. The first kappa shape index (κ1) is 20.2. The monoisotopic (exact) mass is 439 g/mol. The van der Waals surface area contributed by atoms with Crippen LogP contribution in [-0.2, 0) is 11.2 Å². The number of amides is 2. The Morgan fingerprint density at radius 2 is 1.97 bits per heavy atom. The highest BCUT2D eigenvalue weighted by molar-refractivity contribution is 7.14. The van der Waals surface area contributed by atoms with E-state index in [2.05, 4.69) is 30.3 Å². The van der Waals surface area contributed by atoms with Crippen molar-refractivity contribution in [2.24, 2.45) is 0 Å². The lowest BCUT2D eigenvalue weighted by molar-refractivity contribution is -0.115. The molecule has 9 nitrogen and oxygen atoms in total. The average molecular weight is 439 g/mol. The van der Waals surface area contributed by atoms with E-state index in [9.17, 15) is 18.8 Å². The molecule has 0 bridgehead atoms. The van der Waals surface area contributed by atoms with Crippen LogP contribution in [0.25, 0.3) is 11.4 Å². The number of hydrogen-bond donors (Lipinski definition) is 3. The van der Waals surface area contributed by atoms with Crippen molar-refractivity contribution in [3.63, 3.8) is 0 Å². The molecular formula is C20H14FN5O4S. The van der Waals surface area contributed by atoms with Gasteiger partial charge in [-0.3, -0.25) is 24.4 Å². The van der Waals surface area contributed by atoms with Gasteiger partial charge in [-0.2, -0.15) is 0 Å². The minimum absolute atomic E-state index is 0.0307. The molecule has 0 fully saturated rings. The van der Waals surface area contributed by atoms with Crippen LogP contribution >= 0.6 is 11.3 Å². The van der Waals surface area contributed by atoms with Gasteiger partial charge >= 0.3 is 5.76 Å². The first-order valence-electron chi connectivity index (χ1n) is 8.94. The number of nitrogens with one attached hydrogen (secondary N) is 3. The molecular weight excluding hydrogens is 425 g/mol. The third-order valence-electron chi connectivity index (χ3n) is 4.09. The molecule has 0 saturated carbocycles. The summed E-state index contributed by atoms with van der Waals surface area (Å²) < 4.78 is 18.2. The first-order chi connectivity index (χ1) is 15.0. The van der Waals surface area contributed by atoms with E-state index in [1.54, 1.807) is 35.7 Å². The Balaban J connectivity index is 1.38. The van der Waals surface area contributed by atoms with E-state index >= 15 is 0 Å². The first-order valence-corrected chi connectivity index (χ1v) is 9.82. The van der Waals surface area contributed by atoms with E-state index in [1.807, 2.05) is 0 Å². The van der Waals surface area contributed by atoms with Crippen molar-refractivity contribution in [2.75, 3.05) is 10.6 Å². The number of anilines is 2. The third-order valence-corrected chi connectivity index (χ3v) is 4.90. The maximum Gasteiger partial charge on any atom is 0.439 e. The highest BCUT2D eigenvalue weighted by atomic mass is 32.1. The molecule has 0 unspecified atom stereocenters. The molecule has 3 N–H and O–H groups in total. The molecule has 4 rings (SSSR count). The van der Waals surface area contributed by atoms with Crippen LogP contribution in [0.2, 0.25) is 0 Å². The van der Waals surface area contributed by atoms with Crippen LogP contribution in [0.3, 0.4) is 0 Å². The van der Waals surface area contributed by atoms with Crippen LogP contribution < -0.4 is 16.4 Å². The molecule has 0 aliphatic rings. The fourth-order valence-corrected chi connectivity index (χ4v) is 3.43. The Labute approximate surface area is 177 Å². The van der Waals surface area contributed by atoms with E-state index in [0.29, 0.717) is 16.9 Å². The summed E-state index contributed by atoms with van der Waals surface area (Å²) >= 11 is 1.13. The summed E-state index contributed by atoms with van der Waals surface area (Å²) in [6, 6.07) is 12.3. The fourth-order valence-electron chi connectivity index (χ4n) is 2.72. The van der Waals surface area contributed by atoms with Gasteiger partial charge in [0.25, 0.3) is 5.91 Å². The molecule has 2 aromatic heterocycles. The quantitative estimate of drug-likeness (QED) is 0.423. The second-order valence-corrected chi connectivity index (χ2v) is 7.19. The summed E-state index contributed by atoms with van der Waals surface area (Å²) in [7, 11) is 0. The number of aromatic amines is 1. The molecule has 0 atom stereocenters. The van der Waals surface area contributed by atoms with E-state index in [4.69, 9.17) is 0 Å². The lowest BCUT2D eigenvalue weighted by atomic mass is 10.2. The summed E-state index contributed by atoms with van der Waals surface area (Å²) in [5, 5.41) is 10.7. The topological polar surface area (TPSA) is 130 Å². The van der Waals surface area contributed by atoms with Gasteiger partial charge in [0, 0.05) is 16.6 Å². The molecule has 0 radical (unpaired) electrons. The van der Waals surface area contributed by atoms with E-state index in [0.717, 1.165) is 11.3 Å². The minimum Gasteiger partial charge on any atom is -0.326 e. The average Bonchev–Trinajstić information content (AvgIpc) is 3.37. The SMILES string of the molecule is O=C(Cc1csc(NC(=O)c2ccccc2F)n1)Nc1cccc(-c2noc(=O)[nH]2)c1. The molecule has 31 heavy (non-hydrogen) atoms. The molecule has 2 amide bonds. The number of H-pyrrole nitrogens is 1. The van der Waals surface area contributed by atoms with Crippen LogP contribution in [-0.4, -0.2) is 26.9 Å². The number of thiazole rings is 1.